The van der Waals surface area contributed by atoms with E-state index in [0.29, 0.717) is 38.6 Å². The molecule has 1 heterocycles. The predicted molar refractivity (Wildman–Crippen MR) is 139 cm³/mol. The van der Waals surface area contributed by atoms with E-state index in [4.69, 9.17) is 21.7 Å². The number of amides is 2. The molecule has 1 aliphatic rings. The second kappa shape index (κ2) is 15.9. The van der Waals surface area contributed by atoms with Crippen LogP contribution in [0, 0.1) is 5.92 Å². The van der Waals surface area contributed by atoms with Crippen LogP contribution in [0.5, 0.6) is 0 Å². The summed E-state index contributed by atoms with van der Waals surface area (Å²) in [6, 6.07) is 9.12. The molecule has 1 aromatic carbocycles. The van der Waals surface area contributed by atoms with E-state index in [0.717, 1.165) is 19.3 Å². The van der Waals surface area contributed by atoms with Gasteiger partial charge in [0, 0.05) is 25.9 Å². The van der Waals surface area contributed by atoms with Crippen LogP contribution in [0.1, 0.15) is 57.9 Å². The van der Waals surface area contributed by atoms with Crippen molar-refractivity contribution in [2.75, 3.05) is 26.3 Å². The third kappa shape index (κ3) is 11.2. The summed E-state index contributed by atoms with van der Waals surface area (Å²) in [5.41, 5.74) is 1.19. The largest absolute Gasteiger partial charge is 0.466 e. The molecule has 0 aromatic heterocycles. The van der Waals surface area contributed by atoms with Crippen LogP contribution in [-0.2, 0) is 35.1 Å². The molecule has 1 aromatic rings. The van der Waals surface area contributed by atoms with Gasteiger partial charge in [0.15, 0.2) is 5.11 Å². The van der Waals surface area contributed by atoms with E-state index in [-0.39, 0.29) is 42.2 Å². The lowest BCUT2D eigenvalue weighted by molar-refractivity contribution is -0.147. The summed E-state index contributed by atoms with van der Waals surface area (Å²) in [6.07, 6.45) is 2.68. The lowest BCUT2D eigenvalue weighted by Crippen LogP contribution is -2.60. The predicted octanol–water partition coefficient (Wildman–Crippen LogP) is 2.51. The number of thiocarbonyl (C=S) groups is 1. The molecule has 0 radical (unpaired) electrons. The summed E-state index contributed by atoms with van der Waals surface area (Å²) in [5.74, 6) is -1.13. The Hall–Kier alpha value is -3.01. The zero-order valence-electron chi connectivity index (χ0n) is 21.1. The highest BCUT2D eigenvalue weighted by Crippen LogP contribution is 2.12. The molecule has 2 N–H and O–H groups in total. The van der Waals surface area contributed by atoms with Crippen LogP contribution < -0.4 is 10.6 Å². The van der Waals surface area contributed by atoms with Gasteiger partial charge in [-0.3, -0.25) is 19.2 Å². The van der Waals surface area contributed by atoms with E-state index in [9.17, 15) is 19.2 Å². The molecule has 36 heavy (non-hydrogen) atoms. The average molecular weight is 520 g/mol. The van der Waals surface area contributed by atoms with Crippen molar-refractivity contribution in [2.24, 2.45) is 5.92 Å². The van der Waals surface area contributed by atoms with Gasteiger partial charge >= 0.3 is 11.9 Å². The second-order valence-electron chi connectivity index (χ2n) is 9.12. The SMILES string of the molecule is CC(C)CCOC(=O)CC1C(=O)NCCN1C(=S)NC(=O)CCCC(=O)OCCCc1ccccc1. The molecule has 1 unspecified atom stereocenters. The van der Waals surface area contributed by atoms with Crippen LogP contribution >= 0.6 is 12.2 Å². The lowest BCUT2D eigenvalue weighted by atomic mass is 10.1. The van der Waals surface area contributed by atoms with E-state index >= 15 is 0 Å². The highest BCUT2D eigenvalue weighted by molar-refractivity contribution is 7.80. The molecule has 2 amide bonds. The fourth-order valence-electron chi connectivity index (χ4n) is 3.61. The number of carbonyl (C=O) groups excluding carboxylic acids is 4. The summed E-state index contributed by atoms with van der Waals surface area (Å²) < 4.78 is 10.5. The number of benzene rings is 1. The van der Waals surface area contributed by atoms with Crippen LogP contribution in [0.4, 0.5) is 0 Å². The minimum absolute atomic E-state index is 0.0818. The Morgan fingerprint density at radius 3 is 2.53 bits per heavy atom. The summed E-state index contributed by atoms with van der Waals surface area (Å²) >= 11 is 5.34. The van der Waals surface area contributed by atoms with Crippen molar-refractivity contribution < 1.29 is 28.7 Å². The third-order valence-electron chi connectivity index (χ3n) is 5.66. The number of aryl methyl sites for hydroxylation is 1. The second-order valence-corrected chi connectivity index (χ2v) is 9.51. The smallest absolute Gasteiger partial charge is 0.308 e. The lowest BCUT2D eigenvalue weighted by Gasteiger charge is -2.36. The Morgan fingerprint density at radius 1 is 1.08 bits per heavy atom. The van der Waals surface area contributed by atoms with E-state index in [1.165, 1.54) is 10.5 Å². The fourth-order valence-corrected chi connectivity index (χ4v) is 3.94. The van der Waals surface area contributed by atoms with Gasteiger partial charge in [0.2, 0.25) is 11.8 Å². The Kier molecular flexibility index (Phi) is 12.9. The molecular formula is C26H37N3O6S. The molecule has 2 rings (SSSR count). The van der Waals surface area contributed by atoms with Crippen molar-refractivity contribution in [3.05, 3.63) is 35.9 Å². The van der Waals surface area contributed by atoms with E-state index in [1.54, 1.807) is 0 Å². The Balaban J connectivity index is 1.68. The zero-order valence-corrected chi connectivity index (χ0v) is 21.9. The molecule has 1 atom stereocenters. The quantitative estimate of drug-likeness (QED) is 0.232. The molecule has 1 saturated heterocycles. The number of carbonyl (C=O) groups is 4. The first-order chi connectivity index (χ1) is 17.3. The van der Waals surface area contributed by atoms with Gasteiger partial charge in [-0.15, -0.1) is 0 Å². The minimum Gasteiger partial charge on any atom is -0.466 e. The molecule has 9 nitrogen and oxygen atoms in total. The Bertz CT molecular complexity index is 893. The van der Waals surface area contributed by atoms with Gasteiger partial charge in [0.25, 0.3) is 0 Å². The summed E-state index contributed by atoms with van der Waals surface area (Å²) in [4.78, 5) is 50.4. The van der Waals surface area contributed by atoms with E-state index in [1.807, 2.05) is 44.2 Å². The van der Waals surface area contributed by atoms with Gasteiger partial charge in [-0.2, -0.15) is 0 Å². The summed E-state index contributed by atoms with van der Waals surface area (Å²) in [5, 5.41) is 5.41. The first kappa shape index (κ1) is 29.2. The molecule has 1 fully saturated rings. The third-order valence-corrected chi connectivity index (χ3v) is 5.99. The van der Waals surface area contributed by atoms with Gasteiger partial charge in [-0.1, -0.05) is 44.2 Å². The Labute approximate surface area is 218 Å². The molecule has 0 aliphatic carbocycles. The van der Waals surface area contributed by atoms with Gasteiger partial charge in [0.1, 0.15) is 6.04 Å². The topological polar surface area (TPSA) is 114 Å². The number of ether oxygens (including phenoxy) is 2. The highest BCUT2D eigenvalue weighted by atomic mass is 32.1. The summed E-state index contributed by atoms with van der Waals surface area (Å²) in [6.45, 7) is 5.40. The molecule has 0 saturated carbocycles. The van der Waals surface area contributed by atoms with E-state index < -0.39 is 12.0 Å². The molecule has 10 heteroatoms. The van der Waals surface area contributed by atoms with Crippen molar-refractivity contribution in [1.82, 2.24) is 15.5 Å². The first-order valence-electron chi connectivity index (χ1n) is 12.5. The monoisotopic (exact) mass is 519 g/mol. The fraction of sp³-hybridized carbons (Fsp3) is 0.577. The number of hydrogen-bond donors (Lipinski definition) is 2. The molecular weight excluding hydrogens is 482 g/mol. The van der Waals surface area contributed by atoms with Crippen LogP contribution in [0.2, 0.25) is 0 Å². The van der Waals surface area contributed by atoms with Crippen LogP contribution in [0.25, 0.3) is 0 Å². The van der Waals surface area contributed by atoms with Gasteiger partial charge in [-0.25, -0.2) is 0 Å². The molecule has 198 valence electrons. The number of rotatable bonds is 13. The van der Waals surface area contributed by atoms with Crippen molar-refractivity contribution in [2.45, 2.75) is 64.8 Å². The standard InChI is InChI=1S/C26H37N3O6S/c1-19(2)13-17-35-24(32)18-21-25(33)27-14-15-29(21)26(36)28-22(30)11-6-12-23(31)34-16-7-10-20-8-4-3-5-9-20/h3-5,8-9,19,21H,6-7,10-18H2,1-2H3,(H,27,33)(H,28,30,36). The van der Waals surface area contributed by atoms with Crippen molar-refractivity contribution in [3.63, 3.8) is 0 Å². The normalized spacial score (nSPS) is 15.2. The maximum Gasteiger partial charge on any atom is 0.308 e. The highest BCUT2D eigenvalue weighted by Gasteiger charge is 2.34. The first-order valence-corrected chi connectivity index (χ1v) is 12.9. The number of esters is 2. The van der Waals surface area contributed by atoms with Crippen LogP contribution in [0.3, 0.4) is 0 Å². The zero-order chi connectivity index (χ0) is 26.3. The number of nitrogens with zero attached hydrogens (tertiary/aromatic N) is 1. The van der Waals surface area contributed by atoms with Crippen molar-refractivity contribution in [3.8, 4) is 0 Å². The molecule has 1 aliphatic heterocycles. The van der Waals surface area contributed by atoms with Gasteiger partial charge in [-0.05, 0) is 49.4 Å². The van der Waals surface area contributed by atoms with Gasteiger partial charge in [0.05, 0.1) is 19.6 Å². The van der Waals surface area contributed by atoms with Gasteiger partial charge < -0.3 is 25.0 Å². The van der Waals surface area contributed by atoms with Crippen molar-refractivity contribution in [1.29, 1.82) is 0 Å². The number of piperazine rings is 1. The molecule has 0 spiro atoms. The average Bonchev–Trinajstić information content (AvgIpc) is 2.83. The Morgan fingerprint density at radius 2 is 1.81 bits per heavy atom. The number of hydrogen-bond acceptors (Lipinski definition) is 7. The van der Waals surface area contributed by atoms with Crippen LogP contribution in [-0.4, -0.2) is 66.1 Å². The van der Waals surface area contributed by atoms with Crippen LogP contribution in [0.15, 0.2) is 30.3 Å². The molecule has 0 bridgehead atoms. The van der Waals surface area contributed by atoms with Crippen molar-refractivity contribution >= 4 is 41.1 Å². The maximum absolute atomic E-state index is 12.4. The minimum atomic E-state index is -0.844. The maximum atomic E-state index is 12.4. The van der Waals surface area contributed by atoms with E-state index in [2.05, 4.69) is 10.6 Å². The number of nitrogens with one attached hydrogen (secondary N) is 2. The summed E-state index contributed by atoms with van der Waals surface area (Å²) in [7, 11) is 0.